The SMILES string of the molecule is COc1ccc(N(CC(=O)N=Nc2c(O)[nH]c3ccccc23)S(=O)(=O)c2ccc(C)cc2)cc1OC. The molecule has 4 rings (SSSR count). The molecule has 0 radical (unpaired) electrons. The lowest BCUT2D eigenvalue weighted by atomic mass is 10.2. The van der Waals surface area contributed by atoms with Crippen LogP contribution in [0.2, 0.25) is 0 Å². The van der Waals surface area contributed by atoms with Gasteiger partial charge in [-0.3, -0.25) is 9.10 Å². The fraction of sp³-hybridized carbons (Fsp3) is 0.160. The molecule has 0 unspecified atom stereocenters. The third kappa shape index (κ3) is 4.86. The second kappa shape index (κ2) is 10.1. The first-order valence-electron chi connectivity index (χ1n) is 10.8. The molecule has 2 N–H and O–H groups in total. The molecule has 186 valence electrons. The lowest BCUT2D eigenvalue weighted by molar-refractivity contribution is -0.116. The first-order chi connectivity index (χ1) is 17.2. The van der Waals surface area contributed by atoms with E-state index >= 15 is 0 Å². The normalized spacial score (nSPS) is 11.6. The fourth-order valence-electron chi connectivity index (χ4n) is 3.61. The minimum absolute atomic E-state index is 0.00176. The fourth-order valence-corrected chi connectivity index (χ4v) is 5.01. The average Bonchev–Trinajstić information content (AvgIpc) is 3.20. The highest BCUT2D eigenvalue weighted by molar-refractivity contribution is 7.92. The van der Waals surface area contributed by atoms with Gasteiger partial charge in [0.05, 0.1) is 30.3 Å². The van der Waals surface area contributed by atoms with E-state index in [4.69, 9.17) is 9.47 Å². The number of aromatic amines is 1. The number of nitrogens with zero attached hydrogens (tertiary/aromatic N) is 3. The number of sulfonamides is 1. The number of azo groups is 1. The Kier molecular flexibility index (Phi) is 6.93. The number of carbonyl (C=O) groups excluding carboxylic acids is 1. The minimum atomic E-state index is -4.17. The molecule has 4 aromatic rings. The number of nitrogens with one attached hydrogen (secondary N) is 1. The number of fused-ring (bicyclic) bond motifs is 1. The van der Waals surface area contributed by atoms with Gasteiger partial charge in [-0.25, -0.2) is 8.42 Å². The Bertz CT molecular complexity index is 1540. The van der Waals surface area contributed by atoms with Crippen molar-refractivity contribution in [3.63, 3.8) is 0 Å². The number of methoxy groups -OCH3 is 2. The van der Waals surface area contributed by atoms with Crippen LogP contribution in [0, 0.1) is 6.92 Å². The van der Waals surface area contributed by atoms with Crippen molar-refractivity contribution in [3.8, 4) is 17.4 Å². The molecule has 0 fully saturated rings. The standard InChI is InChI=1S/C25H24N4O6S/c1-16-8-11-18(12-9-16)36(32,33)29(17-10-13-21(34-2)22(14-17)35-3)15-23(30)27-28-24-19-6-4-5-7-20(19)26-25(24)31/h4-14,26,31H,15H2,1-3H3. The number of para-hydroxylation sites is 1. The van der Waals surface area contributed by atoms with Crippen LogP contribution >= 0.6 is 0 Å². The van der Waals surface area contributed by atoms with E-state index in [-0.39, 0.29) is 27.9 Å². The van der Waals surface area contributed by atoms with E-state index in [1.807, 2.05) is 6.92 Å². The molecule has 0 bridgehead atoms. The quantitative estimate of drug-likeness (QED) is 0.331. The molecule has 3 aromatic carbocycles. The van der Waals surface area contributed by atoms with Crippen LogP contribution in [0.15, 0.2) is 81.9 Å². The Balaban J connectivity index is 1.71. The van der Waals surface area contributed by atoms with Gasteiger partial charge in [-0.15, -0.1) is 10.2 Å². The third-order valence-electron chi connectivity index (χ3n) is 5.46. The van der Waals surface area contributed by atoms with E-state index < -0.39 is 22.5 Å². The Hall–Kier alpha value is -4.38. The molecule has 0 aliphatic rings. The predicted octanol–water partition coefficient (Wildman–Crippen LogP) is 4.70. The summed E-state index contributed by atoms with van der Waals surface area (Å²) < 4.78 is 38.6. The van der Waals surface area contributed by atoms with Gasteiger partial charge >= 0.3 is 0 Å². The second-order valence-corrected chi connectivity index (χ2v) is 9.69. The highest BCUT2D eigenvalue weighted by Gasteiger charge is 2.28. The van der Waals surface area contributed by atoms with E-state index in [0.29, 0.717) is 16.7 Å². The maximum Gasteiger partial charge on any atom is 0.285 e. The molecule has 10 nitrogen and oxygen atoms in total. The van der Waals surface area contributed by atoms with Crippen LogP contribution in [0.4, 0.5) is 11.4 Å². The average molecular weight is 509 g/mol. The number of rotatable bonds is 8. The summed E-state index contributed by atoms with van der Waals surface area (Å²) in [4.78, 5) is 15.6. The largest absolute Gasteiger partial charge is 0.493 e. The van der Waals surface area contributed by atoms with Gasteiger partial charge in [0.15, 0.2) is 17.2 Å². The van der Waals surface area contributed by atoms with Crippen molar-refractivity contribution in [2.24, 2.45) is 10.2 Å². The number of amides is 1. The summed E-state index contributed by atoms with van der Waals surface area (Å²) in [5.74, 6) is -0.409. The van der Waals surface area contributed by atoms with Gasteiger partial charge in [0.2, 0.25) is 5.88 Å². The van der Waals surface area contributed by atoms with Crippen molar-refractivity contribution in [3.05, 3.63) is 72.3 Å². The van der Waals surface area contributed by atoms with Crippen LogP contribution < -0.4 is 13.8 Å². The molecule has 0 atom stereocenters. The lowest BCUT2D eigenvalue weighted by Crippen LogP contribution is -2.35. The Labute approximate surface area is 207 Å². The van der Waals surface area contributed by atoms with Crippen molar-refractivity contribution >= 4 is 38.2 Å². The summed E-state index contributed by atoms with van der Waals surface area (Å²) in [6, 6.07) is 17.8. The molecule has 1 amide bonds. The van der Waals surface area contributed by atoms with Gasteiger partial charge in [-0.2, -0.15) is 0 Å². The number of carbonyl (C=O) groups is 1. The molecular formula is C25H24N4O6S. The van der Waals surface area contributed by atoms with E-state index in [0.717, 1.165) is 9.87 Å². The zero-order valence-electron chi connectivity index (χ0n) is 19.8. The predicted molar refractivity (Wildman–Crippen MR) is 135 cm³/mol. The van der Waals surface area contributed by atoms with Crippen LogP contribution in [0.1, 0.15) is 5.56 Å². The van der Waals surface area contributed by atoms with Crippen molar-refractivity contribution in [1.82, 2.24) is 4.98 Å². The highest BCUT2D eigenvalue weighted by Crippen LogP contribution is 2.36. The third-order valence-corrected chi connectivity index (χ3v) is 7.25. The Morgan fingerprint density at radius 3 is 2.39 bits per heavy atom. The van der Waals surface area contributed by atoms with E-state index in [9.17, 15) is 18.3 Å². The first kappa shape index (κ1) is 24.7. The number of hydrogen-bond acceptors (Lipinski definition) is 7. The number of hydrogen-bond donors (Lipinski definition) is 2. The molecule has 36 heavy (non-hydrogen) atoms. The molecule has 0 aliphatic heterocycles. The lowest BCUT2D eigenvalue weighted by Gasteiger charge is -2.24. The number of ether oxygens (including phenoxy) is 2. The maximum absolute atomic E-state index is 13.6. The summed E-state index contributed by atoms with van der Waals surface area (Å²) >= 11 is 0. The number of aromatic nitrogens is 1. The molecule has 0 aliphatic carbocycles. The first-order valence-corrected chi connectivity index (χ1v) is 12.2. The number of aromatic hydroxyl groups is 1. The Morgan fingerprint density at radius 2 is 1.69 bits per heavy atom. The van der Waals surface area contributed by atoms with E-state index in [1.165, 1.54) is 38.5 Å². The van der Waals surface area contributed by atoms with Crippen LogP contribution in [0.3, 0.4) is 0 Å². The summed E-state index contributed by atoms with van der Waals surface area (Å²) in [7, 11) is -1.28. The van der Waals surface area contributed by atoms with Crippen LogP contribution in [-0.4, -0.2) is 45.2 Å². The number of benzene rings is 3. The Morgan fingerprint density at radius 1 is 1.00 bits per heavy atom. The van der Waals surface area contributed by atoms with E-state index in [1.54, 1.807) is 42.5 Å². The minimum Gasteiger partial charge on any atom is -0.493 e. The van der Waals surface area contributed by atoms with Crippen molar-refractivity contribution in [1.29, 1.82) is 0 Å². The van der Waals surface area contributed by atoms with Gasteiger partial charge in [-0.05, 0) is 37.3 Å². The monoisotopic (exact) mass is 508 g/mol. The molecule has 0 saturated heterocycles. The zero-order chi connectivity index (χ0) is 25.9. The molecule has 0 spiro atoms. The van der Waals surface area contributed by atoms with Crippen LogP contribution in [-0.2, 0) is 14.8 Å². The van der Waals surface area contributed by atoms with Crippen LogP contribution in [0.25, 0.3) is 10.9 Å². The highest BCUT2D eigenvalue weighted by atomic mass is 32.2. The molecule has 1 heterocycles. The number of anilines is 1. The summed E-state index contributed by atoms with van der Waals surface area (Å²) in [6.07, 6.45) is 0. The van der Waals surface area contributed by atoms with Gasteiger partial charge in [0.25, 0.3) is 15.9 Å². The van der Waals surface area contributed by atoms with Gasteiger partial charge < -0.3 is 19.6 Å². The molecule has 0 saturated carbocycles. The van der Waals surface area contributed by atoms with Gasteiger partial charge in [0, 0.05) is 11.5 Å². The van der Waals surface area contributed by atoms with Crippen molar-refractivity contribution in [2.75, 3.05) is 25.1 Å². The summed E-state index contributed by atoms with van der Waals surface area (Å²) in [5, 5.41) is 18.3. The summed E-state index contributed by atoms with van der Waals surface area (Å²) in [6.45, 7) is 1.20. The van der Waals surface area contributed by atoms with Crippen molar-refractivity contribution in [2.45, 2.75) is 11.8 Å². The number of aryl methyl sites for hydroxylation is 1. The van der Waals surface area contributed by atoms with Gasteiger partial charge in [-0.1, -0.05) is 35.9 Å². The molecular weight excluding hydrogens is 484 g/mol. The summed E-state index contributed by atoms with van der Waals surface area (Å²) in [5.41, 5.74) is 1.75. The van der Waals surface area contributed by atoms with Gasteiger partial charge in [0.1, 0.15) is 6.54 Å². The molecule has 11 heteroatoms. The van der Waals surface area contributed by atoms with Crippen LogP contribution in [0.5, 0.6) is 17.4 Å². The zero-order valence-corrected chi connectivity index (χ0v) is 20.6. The maximum atomic E-state index is 13.6. The molecule has 1 aromatic heterocycles. The smallest absolute Gasteiger partial charge is 0.285 e. The number of H-pyrrole nitrogens is 1. The second-order valence-electron chi connectivity index (χ2n) is 7.83. The van der Waals surface area contributed by atoms with Crippen molar-refractivity contribution < 1.29 is 27.8 Å². The van der Waals surface area contributed by atoms with E-state index in [2.05, 4.69) is 15.2 Å². The topological polar surface area (TPSA) is 134 Å².